The maximum absolute atomic E-state index is 2.50. The Morgan fingerprint density at radius 1 is 0.339 bits per heavy atom. The molecule has 0 radical (unpaired) electrons. The summed E-state index contributed by atoms with van der Waals surface area (Å²) in [4.78, 5) is 0. The molecule has 0 aliphatic carbocycles. The highest BCUT2D eigenvalue weighted by Gasteiger charge is 2.22. The molecule has 0 saturated carbocycles. The van der Waals surface area contributed by atoms with Crippen LogP contribution in [0.3, 0.4) is 0 Å². The normalized spacial score (nSPS) is 12.3. The summed E-state index contributed by atoms with van der Waals surface area (Å²) in [5.74, 6) is 0. The Balaban J connectivity index is 0.976. The van der Waals surface area contributed by atoms with Crippen LogP contribution in [0.5, 0.6) is 0 Å². The smallest absolute Gasteiger partial charge is 0.0634 e. The molecule has 2 nitrogen and oxygen atoms in total. The number of benzene rings is 9. The van der Waals surface area contributed by atoms with E-state index in [2.05, 4.69) is 190 Å². The van der Waals surface area contributed by atoms with E-state index in [4.69, 9.17) is 0 Å². The minimum atomic E-state index is 1.17. The number of nitrogens with zero attached hydrogens (tertiary/aromatic N) is 2. The molecule has 0 saturated heterocycles. The molecular formula is C52H30N2S2. The van der Waals surface area contributed by atoms with Gasteiger partial charge in [0, 0.05) is 53.1 Å². The first-order valence-electron chi connectivity index (χ1n) is 19.1. The maximum Gasteiger partial charge on any atom is 0.0634 e. The van der Waals surface area contributed by atoms with Crippen LogP contribution in [0, 0.1) is 0 Å². The van der Waals surface area contributed by atoms with Gasteiger partial charge in [-0.3, -0.25) is 0 Å². The summed E-state index contributed by atoms with van der Waals surface area (Å²) < 4.78 is 7.63. The highest BCUT2D eigenvalue weighted by molar-refractivity contribution is 7.18. The van der Waals surface area contributed by atoms with Crippen molar-refractivity contribution in [2.45, 2.75) is 0 Å². The number of thiophene rings is 2. The highest BCUT2D eigenvalue weighted by Crippen LogP contribution is 2.46. The zero-order chi connectivity index (χ0) is 36.5. The molecule has 0 aliphatic rings. The molecule has 4 heterocycles. The fourth-order valence-electron chi connectivity index (χ4n) is 9.57. The fourth-order valence-corrected chi connectivity index (χ4v) is 11.3. The lowest BCUT2D eigenvalue weighted by molar-refractivity contribution is 1.18. The first-order valence-corrected chi connectivity index (χ1v) is 20.8. The van der Waals surface area contributed by atoms with Crippen LogP contribution in [-0.4, -0.2) is 9.13 Å². The van der Waals surface area contributed by atoms with Gasteiger partial charge in [-0.1, -0.05) is 109 Å². The third kappa shape index (κ3) is 4.15. The second kappa shape index (κ2) is 11.4. The van der Waals surface area contributed by atoms with E-state index in [1.807, 2.05) is 22.7 Å². The predicted octanol–water partition coefficient (Wildman–Crippen LogP) is 15.4. The Hall–Kier alpha value is -6.72. The zero-order valence-electron chi connectivity index (χ0n) is 30.0. The van der Waals surface area contributed by atoms with E-state index in [9.17, 15) is 0 Å². The first-order chi connectivity index (χ1) is 27.8. The quantitative estimate of drug-likeness (QED) is 0.170. The van der Waals surface area contributed by atoms with Gasteiger partial charge in [0.2, 0.25) is 0 Å². The van der Waals surface area contributed by atoms with Crippen molar-refractivity contribution in [2.24, 2.45) is 0 Å². The van der Waals surface area contributed by atoms with Crippen LogP contribution >= 0.6 is 22.7 Å². The topological polar surface area (TPSA) is 9.86 Å². The Labute approximate surface area is 329 Å². The van der Waals surface area contributed by atoms with E-state index in [-0.39, 0.29) is 0 Å². The highest BCUT2D eigenvalue weighted by atomic mass is 32.1. The number of aromatic nitrogens is 2. The molecule has 9 aromatic carbocycles. The molecule has 0 N–H and O–H groups in total. The molecular weight excluding hydrogens is 717 g/mol. The van der Waals surface area contributed by atoms with Gasteiger partial charge in [-0.25, -0.2) is 0 Å². The van der Waals surface area contributed by atoms with E-state index in [0.717, 1.165) is 0 Å². The van der Waals surface area contributed by atoms with Gasteiger partial charge in [-0.05, 0) is 115 Å². The first kappa shape index (κ1) is 30.6. The van der Waals surface area contributed by atoms with Crippen molar-refractivity contribution >= 4 is 119 Å². The van der Waals surface area contributed by atoms with Crippen molar-refractivity contribution in [3.05, 3.63) is 181 Å². The zero-order valence-corrected chi connectivity index (χ0v) is 31.7. The molecule has 4 heteroatoms. The van der Waals surface area contributed by atoms with Gasteiger partial charge >= 0.3 is 0 Å². The molecule has 0 bridgehead atoms. The largest absolute Gasteiger partial charge is 0.309 e. The van der Waals surface area contributed by atoms with Crippen molar-refractivity contribution in [3.8, 4) is 22.5 Å². The van der Waals surface area contributed by atoms with Gasteiger partial charge in [-0.2, -0.15) is 0 Å². The lowest BCUT2D eigenvalue weighted by Crippen LogP contribution is -1.95. The third-order valence-electron chi connectivity index (χ3n) is 12.0. The minimum absolute atomic E-state index is 1.17. The van der Waals surface area contributed by atoms with Crippen molar-refractivity contribution in [1.82, 2.24) is 9.13 Å². The van der Waals surface area contributed by atoms with Crippen LogP contribution in [0.25, 0.3) is 119 Å². The summed E-state index contributed by atoms with van der Waals surface area (Å²) in [6.45, 7) is 0. The average molecular weight is 747 g/mol. The third-order valence-corrected chi connectivity index (χ3v) is 13.8. The summed E-state index contributed by atoms with van der Waals surface area (Å²) in [6.07, 6.45) is 0. The summed E-state index contributed by atoms with van der Waals surface area (Å²) >= 11 is 3.66. The van der Waals surface area contributed by atoms with Gasteiger partial charge in [0.15, 0.2) is 0 Å². The fraction of sp³-hybridized carbons (Fsp3) is 0. The molecule has 56 heavy (non-hydrogen) atoms. The predicted molar refractivity (Wildman–Crippen MR) is 244 cm³/mol. The monoisotopic (exact) mass is 746 g/mol. The lowest BCUT2D eigenvalue weighted by Gasteiger charge is -2.12. The van der Waals surface area contributed by atoms with Crippen molar-refractivity contribution in [2.75, 3.05) is 0 Å². The van der Waals surface area contributed by atoms with Crippen molar-refractivity contribution < 1.29 is 0 Å². The number of hydrogen-bond acceptors (Lipinski definition) is 2. The second-order valence-corrected chi connectivity index (χ2v) is 16.8. The molecule has 0 atom stereocenters. The van der Waals surface area contributed by atoms with Gasteiger partial charge in [0.25, 0.3) is 0 Å². The Bertz CT molecular complexity index is 3740. The Morgan fingerprint density at radius 2 is 0.929 bits per heavy atom. The van der Waals surface area contributed by atoms with Crippen LogP contribution in [0.4, 0.5) is 0 Å². The van der Waals surface area contributed by atoms with Gasteiger partial charge < -0.3 is 9.13 Å². The van der Waals surface area contributed by atoms with Crippen molar-refractivity contribution in [3.63, 3.8) is 0 Å². The van der Waals surface area contributed by atoms with E-state index in [1.165, 1.54) is 119 Å². The summed E-state index contributed by atoms with van der Waals surface area (Å²) in [6, 6.07) is 63.2. The second-order valence-electron chi connectivity index (χ2n) is 14.9. The molecule has 13 aromatic rings. The SMILES string of the molecule is c1ccc2c(c1)ccc1c2c2cc3sccc3cc2n1-c1ccc(-c2ccc(-n3c4ccc5ccccc5c4c4c5sccc5c5ccccc5c43)cc2)cc1. The van der Waals surface area contributed by atoms with Crippen LogP contribution in [0.15, 0.2) is 181 Å². The minimum Gasteiger partial charge on any atom is -0.309 e. The number of fused-ring (bicyclic) bond motifs is 16. The van der Waals surface area contributed by atoms with Crippen molar-refractivity contribution in [1.29, 1.82) is 0 Å². The molecule has 0 unspecified atom stereocenters. The van der Waals surface area contributed by atoms with Gasteiger partial charge in [0.1, 0.15) is 0 Å². The van der Waals surface area contributed by atoms with E-state index < -0.39 is 0 Å². The molecule has 0 aliphatic heterocycles. The molecule has 260 valence electrons. The Morgan fingerprint density at radius 3 is 1.64 bits per heavy atom. The number of rotatable bonds is 3. The average Bonchev–Trinajstić information content (AvgIpc) is 4.06. The van der Waals surface area contributed by atoms with Crippen LogP contribution in [0.2, 0.25) is 0 Å². The van der Waals surface area contributed by atoms with Gasteiger partial charge in [-0.15, -0.1) is 22.7 Å². The molecule has 0 amide bonds. The molecule has 0 spiro atoms. The van der Waals surface area contributed by atoms with Crippen LogP contribution < -0.4 is 0 Å². The molecule has 0 fully saturated rings. The van der Waals surface area contributed by atoms with Gasteiger partial charge in [0.05, 0.1) is 22.1 Å². The van der Waals surface area contributed by atoms with Crippen LogP contribution in [0.1, 0.15) is 0 Å². The molecule has 13 rings (SSSR count). The Kier molecular flexibility index (Phi) is 6.23. The van der Waals surface area contributed by atoms with E-state index in [1.54, 1.807) is 0 Å². The molecule has 4 aromatic heterocycles. The van der Waals surface area contributed by atoms with Crippen LogP contribution in [-0.2, 0) is 0 Å². The summed E-state index contributed by atoms with van der Waals surface area (Å²) in [5.41, 5.74) is 9.72. The summed E-state index contributed by atoms with van der Waals surface area (Å²) in [5, 5.41) is 20.1. The summed E-state index contributed by atoms with van der Waals surface area (Å²) in [7, 11) is 0. The maximum atomic E-state index is 2.50. The standard InChI is InChI=1S/C52H30N2S2/c1-3-9-38-33(7-1)17-23-44-48(38)43-30-47-35(25-27-55-47)29-46(43)53(44)36-19-13-31(14-20-36)32-15-21-37(22-16-32)54-45-24-18-34-8-2-4-10-39(34)49(45)50-51(54)41-12-6-5-11-40(41)42-26-28-56-52(42)50/h1-30H. The van der Waals surface area contributed by atoms with E-state index in [0.29, 0.717) is 0 Å². The van der Waals surface area contributed by atoms with E-state index >= 15 is 0 Å². The number of hydrogen-bond donors (Lipinski definition) is 0. The lowest BCUT2D eigenvalue weighted by atomic mass is 9.99.